The minimum Gasteiger partial charge on any atom is -0.491 e. The highest BCUT2D eigenvalue weighted by Crippen LogP contribution is 2.33. The summed E-state index contributed by atoms with van der Waals surface area (Å²) in [5.41, 5.74) is -0.957. The molecule has 36 heavy (non-hydrogen) atoms. The lowest BCUT2D eigenvalue weighted by atomic mass is 9.96. The van der Waals surface area contributed by atoms with Crippen molar-refractivity contribution in [3.05, 3.63) is 34.2 Å². The summed E-state index contributed by atoms with van der Waals surface area (Å²) in [6.07, 6.45) is -3.60. The molecule has 7 nitrogen and oxygen atoms in total. The number of fused-ring (bicyclic) bond motifs is 1. The smallest absolute Gasteiger partial charge is 0.422 e. The number of rotatable bonds is 9. The van der Waals surface area contributed by atoms with Crippen molar-refractivity contribution in [2.45, 2.75) is 86.2 Å². The van der Waals surface area contributed by atoms with Gasteiger partial charge in [0.2, 0.25) is 0 Å². The average Bonchev–Trinajstić information content (AvgIpc) is 2.72. The Morgan fingerprint density at radius 1 is 1.03 bits per heavy atom. The Morgan fingerprint density at radius 2 is 1.69 bits per heavy atom. The molecule has 10 heteroatoms. The molecule has 0 spiro atoms. The quantitative estimate of drug-likeness (QED) is 0.404. The van der Waals surface area contributed by atoms with Gasteiger partial charge in [0.1, 0.15) is 17.1 Å². The molecule has 0 unspecified atom stereocenters. The zero-order valence-electron chi connectivity index (χ0n) is 22.1. The van der Waals surface area contributed by atoms with Crippen LogP contribution in [0.2, 0.25) is 0 Å². The molecule has 1 aromatic carbocycles. The Balaban J connectivity index is 2.68. The first-order valence-electron chi connectivity index (χ1n) is 12.0. The second-order valence-corrected chi connectivity index (χ2v) is 10.9. The van der Waals surface area contributed by atoms with Crippen LogP contribution < -0.4 is 20.3 Å². The second kappa shape index (κ2) is 11.4. The number of alkyl halides is 3. The summed E-state index contributed by atoms with van der Waals surface area (Å²) in [6.45, 7) is 12.2. The number of halogens is 3. The number of alkyl carbamates (subject to hydrolysis) is 1. The van der Waals surface area contributed by atoms with Crippen LogP contribution in [0.25, 0.3) is 10.8 Å². The maximum atomic E-state index is 13.6. The monoisotopic (exact) mass is 514 g/mol. The van der Waals surface area contributed by atoms with Gasteiger partial charge in [-0.25, -0.2) is 4.79 Å². The summed E-state index contributed by atoms with van der Waals surface area (Å²) in [5.74, 6) is 0.273. The van der Waals surface area contributed by atoms with E-state index in [2.05, 4.69) is 5.32 Å². The Morgan fingerprint density at radius 3 is 2.25 bits per heavy atom. The number of carbonyl (C=O) groups is 1. The number of pyridine rings is 1. The molecule has 2 rings (SSSR count). The third-order valence-electron chi connectivity index (χ3n) is 4.88. The fraction of sp³-hybridized carbons (Fsp3) is 0.615. The SMILES string of the molecule is CCCCOc1c(CNC(=O)OC(C)(C)C)n(CC(C)(C)C)c(=O)c2ccc(OCC(F)(F)F)cc12. The first kappa shape index (κ1) is 29.3. The van der Waals surface area contributed by atoms with Gasteiger partial charge in [-0.15, -0.1) is 0 Å². The van der Waals surface area contributed by atoms with Crippen molar-refractivity contribution in [1.82, 2.24) is 9.88 Å². The number of ether oxygens (including phenoxy) is 3. The molecule has 0 aliphatic carbocycles. The predicted octanol–water partition coefficient (Wildman–Crippen LogP) is 6.19. The summed E-state index contributed by atoms with van der Waals surface area (Å²) >= 11 is 0. The van der Waals surface area contributed by atoms with E-state index in [1.807, 2.05) is 27.7 Å². The highest BCUT2D eigenvalue weighted by molar-refractivity contribution is 5.90. The molecule has 1 aromatic heterocycles. The van der Waals surface area contributed by atoms with Crippen LogP contribution in [0, 0.1) is 5.41 Å². The van der Waals surface area contributed by atoms with Gasteiger partial charge in [0, 0.05) is 11.9 Å². The van der Waals surface area contributed by atoms with Gasteiger partial charge in [-0.2, -0.15) is 13.2 Å². The molecule has 0 saturated carbocycles. The largest absolute Gasteiger partial charge is 0.491 e. The minimum atomic E-state index is -4.51. The van der Waals surface area contributed by atoms with Gasteiger partial charge in [-0.3, -0.25) is 4.79 Å². The lowest BCUT2D eigenvalue weighted by Crippen LogP contribution is -2.36. The van der Waals surface area contributed by atoms with Gasteiger partial charge in [0.05, 0.1) is 24.2 Å². The number of benzene rings is 1. The number of unbranched alkanes of at least 4 members (excludes halogenated alkanes) is 1. The molecule has 0 fully saturated rings. The van der Waals surface area contributed by atoms with Gasteiger partial charge < -0.3 is 24.1 Å². The van der Waals surface area contributed by atoms with Crippen LogP contribution in [0.4, 0.5) is 18.0 Å². The maximum Gasteiger partial charge on any atom is 0.422 e. The molecule has 0 bridgehead atoms. The highest BCUT2D eigenvalue weighted by Gasteiger charge is 2.29. The van der Waals surface area contributed by atoms with E-state index in [9.17, 15) is 22.8 Å². The molecule has 0 radical (unpaired) electrons. The topological polar surface area (TPSA) is 78.8 Å². The van der Waals surface area contributed by atoms with E-state index in [4.69, 9.17) is 14.2 Å². The van der Waals surface area contributed by atoms with Gasteiger partial charge in [0.15, 0.2) is 6.61 Å². The molecular weight excluding hydrogens is 477 g/mol. The molecule has 2 aromatic rings. The first-order chi connectivity index (χ1) is 16.5. The fourth-order valence-corrected chi connectivity index (χ4v) is 3.47. The summed E-state index contributed by atoms with van der Waals surface area (Å²) in [6, 6.07) is 4.16. The molecule has 1 amide bonds. The molecule has 202 valence electrons. The zero-order valence-corrected chi connectivity index (χ0v) is 22.1. The number of amides is 1. The van der Waals surface area contributed by atoms with Crippen LogP contribution in [0.15, 0.2) is 23.0 Å². The molecular formula is C26H37F3N2O5. The van der Waals surface area contributed by atoms with Crippen LogP contribution in [-0.4, -0.2) is 35.7 Å². The van der Waals surface area contributed by atoms with Crippen molar-refractivity contribution in [1.29, 1.82) is 0 Å². The van der Waals surface area contributed by atoms with Crippen LogP contribution in [0.5, 0.6) is 11.5 Å². The summed E-state index contributed by atoms with van der Waals surface area (Å²) in [5, 5.41) is 3.29. The predicted molar refractivity (Wildman–Crippen MR) is 133 cm³/mol. The molecule has 0 saturated heterocycles. The summed E-state index contributed by atoms with van der Waals surface area (Å²) < 4.78 is 56.1. The normalized spacial score (nSPS) is 12.5. The molecule has 0 aliphatic heterocycles. The van der Waals surface area contributed by atoms with Crippen molar-refractivity contribution in [3.63, 3.8) is 0 Å². The van der Waals surface area contributed by atoms with Crippen molar-refractivity contribution in [2.24, 2.45) is 5.41 Å². The standard InChI is InChI=1S/C26H37F3N2O5/c1-8-9-12-34-21-19-13-17(35-16-26(27,28)29)10-11-18(19)22(32)31(15-24(2,3)4)20(21)14-30-23(33)36-25(5,6)7/h10-11,13H,8-9,12,14-16H2,1-7H3,(H,30,33). The third kappa shape index (κ3) is 8.95. The summed E-state index contributed by atoms with van der Waals surface area (Å²) in [4.78, 5) is 25.9. The van der Waals surface area contributed by atoms with E-state index in [0.717, 1.165) is 12.8 Å². The second-order valence-electron chi connectivity index (χ2n) is 10.9. The number of aromatic nitrogens is 1. The van der Waals surface area contributed by atoms with E-state index < -0.39 is 24.5 Å². The number of hydrogen-bond acceptors (Lipinski definition) is 5. The van der Waals surface area contributed by atoms with Crippen molar-refractivity contribution in [3.8, 4) is 11.5 Å². The van der Waals surface area contributed by atoms with Gasteiger partial charge in [0.25, 0.3) is 5.56 Å². The van der Waals surface area contributed by atoms with Gasteiger partial charge in [-0.05, 0) is 50.8 Å². The fourth-order valence-electron chi connectivity index (χ4n) is 3.47. The molecule has 1 N–H and O–H groups in total. The first-order valence-corrected chi connectivity index (χ1v) is 12.0. The lowest BCUT2D eigenvalue weighted by molar-refractivity contribution is -0.153. The maximum absolute atomic E-state index is 13.6. The minimum absolute atomic E-state index is 0.0424. The van der Waals surface area contributed by atoms with Crippen LogP contribution in [0.1, 0.15) is 67.0 Å². The Kier molecular flexibility index (Phi) is 9.31. The van der Waals surface area contributed by atoms with Crippen LogP contribution in [0.3, 0.4) is 0 Å². The Labute approximate surface area is 209 Å². The van der Waals surface area contributed by atoms with Gasteiger partial charge in [-0.1, -0.05) is 34.1 Å². The number of carbonyl (C=O) groups excluding carboxylic acids is 1. The molecule has 0 aliphatic rings. The van der Waals surface area contributed by atoms with E-state index in [1.165, 1.54) is 18.2 Å². The number of nitrogens with zero attached hydrogens (tertiary/aromatic N) is 1. The Bertz CT molecular complexity index is 1110. The van der Waals surface area contributed by atoms with Crippen LogP contribution >= 0.6 is 0 Å². The number of nitrogens with one attached hydrogen (secondary N) is 1. The van der Waals surface area contributed by atoms with Crippen LogP contribution in [-0.2, 0) is 17.8 Å². The Hall–Kier alpha value is -2.91. The average molecular weight is 515 g/mol. The summed E-state index contributed by atoms with van der Waals surface area (Å²) in [7, 11) is 0. The highest BCUT2D eigenvalue weighted by atomic mass is 19.4. The zero-order chi connectivity index (χ0) is 27.3. The van der Waals surface area contributed by atoms with Gasteiger partial charge >= 0.3 is 12.3 Å². The molecule has 0 atom stereocenters. The van der Waals surface area contributed by atoms with E-state index in [1.54, 1.807) is 25.3 Å². The lowest BCUT2D eigenvalue weighted by Gasteiger charge is -2.26. The van der Waals surface area contributed by atoms with Crippen molar-refractivity contribution < 1.29 is 32.2 Å². The van der Waals surface area contributed by atoms with Crippen molar-refractivity contribution in [2.75, 3.05) is 13.2 Å². The van der Waals surface area contributed by atoms with E-state index in [0.29, 0.717) is 30.0 Å². The van der Waals surface area contributed by atoms with E-state index in [-0.39, 0.29) is 28.7 Å². The molecule has 1 heterocycles. The van der Waals surface area contributed by atoms with E-state index >= 15 is 0 Å². The third-order valence-corrected chi connectivity index (χ3v) is 4.88. The number of hydrogen-bond donors (Lipinski definition) is 1. The van der Waals surface area contributed by atoms with Crippen molar-refractivity contribution >= 4 is 16.9 Å².